The zero-order chi connectivity index (χ0) is 14.7. The van der Waals surface area contributed by atoms with Gasteiger partial charge in [0.25, 0.3) is 0 Å². The van der Waals surface area contributed by atoms with Crippen molar-refractivity contribution in [3.8, 4) is 0 Å². The van der Waals surface area contributed by atoms with Crippen molar-refractivity contribution < 1.29 is 0 Å². The van der Waals surface area contributed by atoms with Crippen LogP contribution in [0.4, 0.5) is 0 Å². The van der Waals surface area contributed by atoms with Crippen molar-refractivity contribution in [3.63, 3.8) is 0 Å². The van der Waals surface area contributed by atoms with Gasteiger partial charge < -0.3 is 5.32 Å². The van der Waals surface area contributed by atoms with Crippen LogP contribution in [0, 0.1) is 5.92 Å². The number of hydrogen-bond donors (Lipinski definition) is 1. The van der Waals surface area contributed by atoms with Crippen LogP contribution in [-0.4, -0.2) is 30.6 Å². The van der Waals surface area contributed by atoms with Gasteiger partial charge in [0.15, 0.2) is 0 Å². The van der Waals surface area contributed by atoms with Crippen LogP contribution >= 0.6 is 0 Å². The Bertz CT molecular complexity index is 461. The number of aryl methyl sites for hydroxylation is 2. The molecule has 0 aromatic heterocycles. The van der Waals surface area contributed by atoms with Crippen molar-refractivity contribution in [1.29, 1.82) is 0 Å². The van der Waals surface area contributed by atoms with Crippen molar-refractivity contribution in [2.45, 2.75) is 58.5 Å². The largest absolute Gasteiger partial charge is 0.313 e. The molecule has 0 spiro atoms. The van der Waals surface area contributed by atoms with Crippen LogP contribution in [0.3, 0.4) is 0 Å². The predicted octanol–water partition coefficient (Wildman–Crippen LogP) is 3.39. The molecule has 0 radical (unpaired) electrons. The molecule has 1 aromatic rings. The maximum absolute atomic E-state index is 3.65. The van der Waals surface area contributed by atoms with E-state index < -0.39 is 0 Å². The lowest BCUT2D eigenvalue weighted by Crippen LogP contribution is -2.39. The molecule has 1 aromatic carbocycles. The summed E-state index contributed by atoms with van der Waals surface area (Å²) in [6.07, 6.45) is 6.62. The summed E-state index contributed by atoms with van der Waals surface area (Å²) in [5.41, 5.74) is 4.71. The second-order valence-corrected chi connectivity index (χ2v) is 7.34. The fourth-order valence-electron chi connectivity index (χ4n) is 3.93. The lowest BCUT2D eigenvalue weighted by Gasteiger charge is -2.27. The van der Waals surface area contributed by atoms with Crippen molar-refractivity contribution >= 4 is 0 Å². The van der Waals surface area contributed by atoms with E-state index in [0.29, 0.717) is 6.04 Å². The standard InChI is InChI=1S/C19H30N2/c1-15(2)12-21(14-19-7-4-10-20-19)13-16-8-9-17-5-3-6-18(17)11-16/h8-9,11,15,19-20H,3-7,10,12-14H2,1-2H3. The predicted molar refractivity (Wildman–Crippen MR) is 89.6 cm³/mol. The van der Waals surface area contributed by atoms with E-state index in [1.54, 1.807) is 11.1 Å². The zero-order valence-corrected chi connectivity index (χ0v) is 13.7. The van der Waals surface area contributed by atoms with Gasteiger partial charge in [-0.15, -0.1) is 0 Å². The van der Waals surface area contributed by atoms with Crippen LogP contribution in [0.2, 0.25) is 0 Å². The van der Waals surface area contributed by atoms with E-state index in [2.05, 4.69) is 42.3 Å². The van der Waals surface area contributed by atoms with E-state index in [9.17, 15) is 0 Å². The molecular weight excluding hydrogens is 256 g/mol. The Hall–Kier alpha value is -0.860. The highest BCUT2D eigenvalue weighted by atomic mass is 15.2. The highest BCUT2D eigenvalue weighted by molar-refractivity contribution is 5.35. The molecule has 2 heteroatoms. The first-order valence-corrected chi connectivity index (χ1v) is 8.77. The van der Waals surface area contributed by atoms with Gasteiger partial charge in [0.1, 0.15) is 0 Å². The molecule has 2 nitrogen and oxygen atoms in total. The molecule has 0 bridgehead atoms. The Morgan fingerprint density at radius 3 is 2.81 bits per heavy atom. The molecule has 1 aliphatic carbocycles. The van der Waals surface area contributed by atoms with Gasteiger partial charge in [0.2, 0.25) is 0 Å². The van der Waals surface area contributed by atoms with E-state index >= 15 is 0 Å². The van der Waals surface area contributed by atoms with E-state index in [1.165, 1.54) is 57.3 Å². The second kappa shape index (κ2) is 6.93. The van der Waals surface area contributed by atoms with E-state index in [0.717, 1.165) is 12.5 Å². The molecule has 1 N–H and O–H groups in total. The summed E-state index contributed by atoms with van der Waals surface area (Å²) in [6, 6.07) is 7.91. The first-order chi connectivity index (χ1) is 10.2. The molecule has 116 valence electrons. The second-order valence-electron chi connectivity index (χ2n) is 7.34. The Kier molecular flexibility index (Phi) is 4.97. The Morgan fingerprint density at radius 2 is 2.05 bits per heavy atom. The van der Waals surface area contributed by atoms with Crippen molar-refractivity contribution in [1.82, 2.24) is 10.2 Å². The molecular formula is C19H30N2. The molecule has 2 aliphatic rings. The number of rotatable bonds is 6. The van der Waals surface area contributed by atoms with Gasteiger partial charge in [-0.1, -0.05) is 32.0 Å². The third-order valence-corrected chi connectivity index (χ3v) is 4.83. The van der Waals surface area contributed by atoms with Crippen LogP contribution < -0.4 is 5.32 Å². The first kappa shape index (κ1) is 15.1. The molecule has 0 saturated carbocycles. The molecule has 1 atom stereocenters. The summed E-state index contributed by atoms with van der Waals surface area (Å²) in [6.45, 7) is 9.39. The van der Waals surface area contributed by atoms with Crippen molar-refractivity contribution in [2.75, 3.05) is 19.6 Å². The number of benzene rings is 1. The van der Waals surface area contributed by atoms with E-state index in [1.807, 2.05) is 0 Å². The van der Waals surface area contributed by atoms with Gasteiger partial charge in [-0.2, -0.15) is 0 Å². The number of hydrogen-bond acceptors (Lipinski definition) is 2. The highest BCUT2D eigenvalue weighted by Gasteiger charge is 2.19. The monoisotopic (exact) mass is 286 g/mol. The van der Waals surface area contributed by atoms with Gasteiger partial charge in [0.05, 0.1) is 0 Å². The molecule has 0 amide bonds. The summed E-state index contributed by atoms with van der Waals surface area (Å²) in [5.74, 6) is 0.737. The molecule has 3 rings (SSSR count). The Labute approximate surface area is 129 Å². The number of nitrogens with one attached hydrogen (secondary N) is 1. The van der Waals surface area contributed by atoms with Crippen LogP contribution in [0.1, 0.15) is 49.8 Å². The Balaban J connectivity index is 1.65. The summed E-state index contributed by atoms with van der Waals surface area (Å²) >= 11 is 0. The lowest BCUT2D eigenvalue weighted by molar-refractivity contribution is 0.216. The molecule has 21 heavy (non-hydrogen) atoms. The van der Waals surface area contributed by atoms with Crippen LogP contribution in [0.25, 0.3) is 0 Å². The number of fused-ring (bicyclic) bond motifs is 1. The van der Waals surface area contributed by atoms with Gasteiger partial charge in [0, 0.05) is 25.7 Å². The maximum Gasteiger partial charge on any atom is 0.0234 e. The summed E-state index contributed by atoms with van der Waals surface area (Å²) in [5, 5.41) is 3.65. The van der Waals surface area contributed by atoms with E-state index in [4.69, 9.17) is 0 Å². The van der Waals surface area contributed by atoms with E-state index in [-0.39, 0.29) is 0 Å². The lowest BCUT2D eigenvalue weighted by atomic mass is 10.1. The smallest absolute Gasteiger partial charge is 0.0234 e. The fraction of sp³-hybridized carbons (Fsp3) is 0.684. The minimum Gasteiger partial charge on any atom is -0.313 e. The SMILES string of the molecule is CC(C)CN(Cc1ccc2c(c1)CCC2)CC1CCCN1. The summed E-state index contributed by atoms with van der Waals surface area (Å²) in [4.78, 5) is 2.66. The molecule has 1 heterocycles. The van der Waals surface area contributed by atoms with Gasteiger partial charge in [-0.25, -0.2) is 0 Å². The van der Waals surface area contributed by atoms with Gasteiger partial charge in [-0.05, 0) is 61.3 Å². The minimum absolute atomic E-state index is 0.707. The summed E-state index contributed by atoms with van der Waals surface area (Å²) < 4.78 is 0. The average Bonchev–Trinajstić information content (AvgIpc) is 3.08. The van der Waals surface area contributed by atoms with Crippen LogP contribution in [-0.2, 0) is 19.4 Å². The average molecular weight is 286 g/mol. The quantitative estimate of drug-likeness (QED) is 0.862. The minimum atomic E-state index is 0.707. The normalized spacial score (nSPS) is 21.4. The topological polar surface area (TPSA) is 15.3 Å². The first-order valence-electron chi connectivity index (χ1n) is 8.77. The molecule has 1 unspecified atom stereocenters. The Morgan fingerprint density at radius 1 is 1.19 bits per heavy atom. The molecule has 1 aliphatic heterocycles. The maximum atomic E-state index is 3.65. The number of nitrogens with zero attached hydrogens (tertiary/aromatic N) is 1. The zero-order valence-electron chi connectivity index (χ0n) is 13.7. The van der Waals surface area contributed by atoms with Gasteiger partial charge >= 0.3 is 0 Å². The van der Waals surface area contributed by atoms with Crippen molar-refractivity contribution in [3.05, 3.63) is 34.9 Å². The van der Waals surface area contributed by atoms with Gasteiger partial charge in [-0.3, -0.25) is 4.90 Å². The summed E-state index contributed by atoms with van der Waals surface area (Å²) in [7, 11) is 0. The molecule has 1 fully saturated rings. The van der Waals surface area contributed by atoms with Crippen LogP contribution in [0.15, 0.2) is 18.2 Å². The molecule has 1 saturated heterocycles. The van der Waals surface area contributed by atoms with Crippen LogP contribution in [0.5, 0.6) is 0 Å². The third-order valence-electron chi connectivity index (χ3n) is 4.83. The third kappa shape index (κ3) is 4.08. The highest BCUT2D eigenvalue weighted by Crippen LogP contribution is 2.23. The van der Waals surface area contributed by atoms with Crippen molar-refractivity contribution in [2.24, 2.45) is 5.92 Å². The fourth-order valence-corrected chi connectivity index (χ4v) is 3.93.